The maximum atomic E-state index is 12.1. The lowest BCUT2D eigenvalue weighted by atomic mass is 10.1. The average Bonchev–Trinajstić information content (AvgIpc) is 3.11. The molecule has 1 atom stereocenters. The smallest absolute Gasteiger partial charge is 0.230 e. The third kappa shape index (κ3) is 7.59. The molecule has 7 heteroatoms. The van der Waals surface area contributed by atoms with Crippen molar-refractivity contribution in [2.75, 3.05) is 18.4 Å². The Bertz CT molecular complexity index is 885. The molecule has 2 aromatic carbocycles. The van der Waals surface area contributed by atoms with E-state index in [0.29, 0.717) is 13.0 Å². The number of nitrogens with zero attached hydrogens (tertiary/aromatic N) is 1. The van der Waals surface area contributed by atoms with E-state index in [0.717, 1.165) is 34.9 Å². The first kappa shape index (κ1) is 23.0. The summed E-state index contributed by atoms with van der Waals surface area (Å²) in [5.41, 5.74) is 3.69. The molecule has 0 aliphatic rings. The fraction of sp³-hybridized carbons (Fsp3) is 0.273. The number of hydrogen-bond donors (Lipinski definition) is 3. The van der Waals surface area contributed by atoms with Gasteiger partial charge in [-0.2, -0.15) is 0 Å². The summed E-state index contributed by atoms with van der Waals surface area (Å²) in [5.74, 6) is -0.0605. The number of aryl methyl sites for hydroxylation is 1. The molecule has 0 bridgehead atoms. The molecule has 3 rings (SSSR count). The zero-order valence-electron chi connectivity index (χ0n) is 16.3. The number of halogens is 1. The third-order valence-corrected chi connectivity index (χ3v) is 5.18. The number of rotatable bonds is 9. The Morgan fingerprint density at radius 1 is 1.14 bits per heavy atom. The minimum absolute atomic E-state index is 0. The molecule has 0 aliphatic heterocycles. The highest BCUT2D eigenvalue weighted by atomic mass is 35.5. The van der Waals surface area contributed by atoms with Gasteiger partial charge in [-0.3, -0.25) is 4.79 Å². The van der Waals surface area contributed by atoms with Gasteiger partial charge in [0.2, 0.25) is 5.91 Å². The van der Waals surface area contributed by atoms with E-state index in [1.165, 1.54) is 5.56 Å². The van der Waals surface area contributed by atoms with Crippen LogP contribution in [0.3, 0.4) is 0 Å². The molecule has 0 saturated carbocycles. The van der Waals surface area contributed by atoms with Crippen LogP contribution in [0.1, 0.15) is 27.9 Å². The summed E-state index contributed by atoms with van der Waals surface area (Å²) in [6, 6.07) is 17.5. The largest absolute Gasteiger partial charge is 0.387 e. The SMILES string of the molecule is Cc1nc(CC(=O)Nc2ccc(CCNCC(O)c3ccccc3)cc2)cs1.Cl. The van der Waals surface area contributed by atoms with Gasteiger partial charge in [0, 0.05) is 17.6 Å². The van der Waals surface area contributed by atoms with Gasteiger partial charge in [0.15, 0.2) is 0 Å². The van der Waals surface area contributed by atoms with Gasteiger partial charge >= 0.3 is 0 Å². The first-order valence-electron chi connectivity index (χ1n) is 9.33. The van der Waals surface area contributed by atoms with Crippen LogP contribution in [0.25, 0.3) is 0 Å². The molecule has 1 heterocycles. The summed E-state index contributed by atoms with van der Waals surface area (Å²) in [6.07, 6.45) is 0.647. The van der Waals surface area contributed by atoms with Crippen LogP contribution < -0.4 is 10.6 Å². The number of aromatic nitrogens is 1. The van der Waals surface area contributed by atoms with Crippen molar-refractivity contribution in [1.82, 2.24) is 10.3 Å². The van der Waals surface area contributed by atoms with Crippen molar-refractivity contribution in [3.63, 3.8) is 0 Å². The third-order valence-electron chi connectivity index (χ3n) is 4.36. The molecular formula is C22H26ClN3O2S. The van der Waals surface area contributed by atoms with Gasteiger partial charge < -0.3 is 15.7 Å². The summed E-state index contributed by atoms with van der Waals surface area (Å²) in [6.45, 7) is 3.23. The molecule has 3 aromatic rings. The van der Waals surface area contributed by atoms with E-state index in [-0.39, 0.29) is 18.3 Å². The lowest BCUT2D eigenvalue weighted by molar-refractivity contribution is -0.115. The number of hydrogen-bond acceptors (Lipinski definition) is 5. The van der Waals surface area contributed by atoms with Crippen LogP contribution >= 0.6 is 23.7 Å². The molecule has 1 unspecified atom stereocenters. The van der Waals surface area contributed by atoms with E-state index in [4.69, 9.17) is 0 Å². The second kappa shape index (κ2) is 11.7. The zero-order valence-corrected chi connectivity index (χ0v) is 17.9. The van der Waals surface area contributed by atoms with Crippen molar-refractivity contribution in [3.05, 3.63) is 81.8 Å². The highest BCUT2D eigenvalue weighted by molar-refractivity contribution is 7.09. The fourth-order valence-corrected chi connectivity index (χ4v) is 3.49. The molecule has 0 aliphatic carbocycles. The molecule has 3 N–H and O–H groups in total. The number of carbonyl (C=O) groups excluding carboxylic acids is 1. The lowest BCUT2D eigenvalue weighted by Crippen LogP contribution is -2.23. The Hall–Kier alpha value is -2.25. The van der Waals surface area contributed by atoms with Crippen molar-refractivity contribution in [2.45, 2.75) is 25.9 Å². The normalized spacial score (nSPS) is 11.5. The molecule has 0 radical (unpaired) electrons. The zero-order chi connectivity index (χ0) is 19.8. The van der Waals surface area contributed by atoms with Crippen LogP contribution in [0, 0.1) is 6.92 Å². The van der Waals surface area contributed by atoms with Crippen molar-refractivity contribution in [2.24, 2.45) is 0 Å². The molecule has 1 amide bonds. The summed E-state index contributed by atoms with van der Waals surface area (Å²) in [5, 5.41) is 19.2. The highest BCUT2D eigenvalue weighted by Gasteiger charge is 2.08. The molecule has 1 aromatic heterocycles. The predicted molar refractivity (Wildman–Crippen MR) is 121 cm³/mol. The Morgan fingerprint density at radius 2 is 1.86 bits per heavy atom. The number of aliphatic hydroxyl groups excluding tert-OH is 1. The summed E-state index contributed by atoms with van der Waals surface area (Å²) in [4.78, 5) is 16.4. The van der Waals surface area contributed by atoms with E-state index in [2.05, 4.69) is 15.6 Å². The Labute approximate surface area is 181 Å². The Kier molecular flexibility index (Phi) is 9.28. The van der Waals surface area contributed by atoms with Crippen LogP contribution in [-0.4, -0.2) is 29.1 Å². The van der Waals surface area contributed by atoms with Crippen molar-refractivity contribution in [1.29, 1.82) is 0 Å². The number of anilines is 1. The second-order valence-electron chi connectivity index (χ2n) is 6.66. The van der Waals surface area contributed by atoms with E-state index < -0.39 is 6.10 Å². The highest BCUT2D eigenvalue weighted by Crippen LogP contribution is 2.13. The Morgan fingerprint density at radius 3 is 2.52 bits per heavy atom. The molecule has 154 valence electrons. The Balaban J connectivity index is 0.00000300. The predicted octanol–water partition coefficient (Wildman–Crippen LogP) is 3.92. The molecule has 0 spiro atoms. The summed E-state index contributed by atoms with van der Waals surface area (Å²) in [7, 11) is 0. The lowest BCUT2D eigenvalue weighted by Gasteiger charge is -2.12. The minimum atomic E-state index is -0.500. The molecule has 5 nitrogen and oxygen atoms in total. The van der Waals surface area contributed by atoms with E-state index >= 15 is 0 Å². The van der Waals surface area contributed by atoms with Crippen LogP contribution in [0.5, 0.6) is 0 Å². The number of benzene rings is 2. The van der Waals surface area contributed by atoms with Crippen LogP contribution in [-0.2, 0) is 17.6 Å². The number of amides is 1. The van der Waals surface area contributed by atoms with Gasteiger partial charge in [-0.05, 0) is 43.1 Å². The monoisotopic (exact) mass is 431 g/mol. The van der Waals surface area contributed by atoms with Crippen LogP contribution in [0.15, 0.2) is 60.0 Å². The molecule has 0 fully saturated rings. The first-order chi connectivity index (χ1) is 13.6. The quantitative estimate of drug-likeness (QED) is 0.449. The summed E-state index contributed by atoms with van der Waals surface area (Å²) >= 11 is 1.55. The topological polar surface area (TPSA) is 74.2 Å². The molecule has 29 heavy (non-hydrogen) atoms. The number of aliphatic hydroxyl groups is 1. The fourth-order valence-electron chi connectivity index (χ4n) is 2.88. The first-order valence-corrected chi connectivity index (χ1v) is 10.2. The van der Waals surface area contributed by atoms with Gasteiger partial charge in [0.1, 0.15) is 0 Å². The van der Waals surface area contributed by atoms with E-state index in [1.54, 1.807) is 11.3 Å². The number of carbonyl (C=O) groups is 1. The molecular weight excluding hydrogens is 406 g/mol. The van der Waals surface area contributed by atoms with Crippen molar-refractivity contribution < 1.29 is 9.90 Å². The average molecular weight is 432 g/mol. The number of thiazole rings is 1. The van der Waals surface area contributed by atoms with Gasteiger partial charge in [0.25, 0.3) is 0 Å². The minimum Gasteiger partial charge on any atom is -0.387 e. The van der Waals surface area contributed by atoms with Gasteiger partial charge in [-0.1, -0.05) is 42.5 Å². The standard InChI is InChI=1S/C22H25N3O2S.ClH/c1-16-24-20(15-28-16)13-22(27)25-19-9-7-17(8-10-19)11-12-23-14-21(26)18-5-3-2-4-6-18;/h2-10,15,21,23,26H,11-14H2,1H3,(H,25,27);1H. The molecule has 0 saturated heterocycles. The second-order valence-corrected chi connectivity index (χ2v) is 7.72. The maximum Gasteiger partial charge on any atom is 0.230 e. The van der Waals surface area contributed by atoms with Crippen LogP contribution in [0.4, 0.5) is 5.69 Å². The van der Waals surface area contributed by atoms with Crippen LogP contribution in [0.2, 0.25) is 0 Å². The van der Waals surface area contributed by atoms with E-state index in [1.807, 2.05) is 66.9 Å². The van der Waals surface area contributed by atoms with E-state index in [9.17, 15) is 9.90 Å². The van der Waals surface area contributed by atoms with Gasteiger partial charge in [-0.25, -0.2) is 4.98 Å². The van der Waals surface area contributed by atoms with Crippen molar-refractivity contribution >= 4 is 35.3 Å². The van der Waals surface area contributed by atoms with Gasteiger partial charge in [0.05, 0.1) is 23.2 Å². The van der Waals surface area contributed by atoms with Crippen molar-refractivity contribution in [3.8, 4) is 0 Å². The van der Waals surface area contributed by atoms with Gasteiger partial charge in [-0.15, -0.1) is 23.7 Å². The summed E-state index contributed by atoms with van der Waals surface area (Å²) < 4.78 is 0. The number of nitrogens with one attached hydrogen (secondary N) is 2. The maximum absolute atomic E-state index is 12.1.